The summed E-state index contributed by atoms with van der Waals surface area (Å²) in [6.45, 7) is 0. The highest BCUT2D eigenvalue weighted by Crippen LogP contribution is 2.44. The molecule has 0 fully saturated rings. The molecular weight excluding hydrogens is 1210 g/mol. The van der Waals surface area contributed by atoms with Gasteiger partial charge in [-0.1, -0.05) is 156 Å². The molecule has 0 radical (unpaired) electrons. The van der Waals surface area contributed by atoms with E-state index in [0.29, 0.717) is 5.69 Å². The van der Waals surface area contributed by atoms with Gasteiger partial charge in [0.15, 0.2) is 0 Å². The maximum atomic E-state index is 5.25. The SMILES string of the molecule is c1cncc(-c2nnn(-c3cccc4c5ccccc5n(-c5cccc(-n6c7ccccc7c7ccc(-c8ccc(-n9nnc(-c%10cccc%11c%12ccccc%12n(-c%12cccc(-n%13c%14ccccc%14c%14ccccc%14%13)c%12)c%10%11)c9-c9cccnc9)cn8)cc76)c5)c34)c2-c2cccnc2)c1. The quantitative estimate of drug-likeness (QED) is 0.125. The van der Waals surface area contributed by atoms with E-state index in [0.717, 1.165) is 161 Å². The van der Waals surface area contributed by atoms with E-state index in [-0.39, 0.29) is 0 Å². The van der Waals surface area contributed by atoms with E-state index in [1.807, 2.05) is 58.4 Å². The third-order valence-corrected chi connectivity index (χ3v) is 19.2. The molecular formula is C84H52N14. The van der Waals surface area contributed by atoms with Gasteiger partial charge in [-0.15, -0.1) is 10.2 Å². The number of pyridine rings is 4. The topological polar surface area (TPSA) is 133 Å². The number of benzene rings is 10. The van der Waals surface area contributed by atoms with E-state index in [1.54, 1.807) is 18.6 Å². The highest BCUT2D eigenvalue weighted by Gasteiger charge is 2.27. The molecule has 0 unspecified atom stereocenters. The molecule has 14 heteroatoms. The molecule has 0 saturated heterocycles. The van der Waals surface area contributed by atoms with Crippen molar-refractivity contribution >= 4 is 87.2 Å². The summed E-state index contributed by atoms with van der Waals surface area (Å²) in [5.41, 5.74) is 22.7. The predicted octanol–water partition coefficient (Wildman–Crippen LogP) is 19.2. The second-order valence-corrected chi connectivity index (χ2v) is 24.6. The summed E-state index contributed by atoms with van der Waals surface area (Å²) in [5, 5.41) is 29.0. The van der Waals surface area contributed by atoms with Crippen LogP contribution in [0.5, 0.6) is 0 Å². The van der Waals surface area contributed by atoms with E-state index in [9.17, 15) is 0 Å². The minimum atomic E-state index is 0.713. The van der Waals surface area contributed by atoms with Gasteiger partial charge >= 0.3 is 0 Å². The van der Waals surface area contributed by atoms with Crippen LogP contribution in [0, 0.1) is 0 Å². The molecule has 0 aliphatic rings. The van der Waals surface area contributed by atoms with E-state index >= 15 is 0 Å². The molecule has 14 nitrogen and oxygen atoms in total. The number of hydrogen-bond acceptors (Lipinski definition) is 8. The fourth-order valence-electron chi connectivity index (χ4n) is 15.1. The van der Waals surface area contributed by atoms with Gasteiger partial charge in [0.25, 0.3) is 0 Å². The summed E-state index contributed by atoms with van der Waals surface area (Å²) in [5.74, 6) is 0. The lowest BCUT2D eigenvalue weighted by Gasteiger charge is -2.15. The first-order valence-corrected chi connectivity index (χ1v) is 32.5. The Morgan fingerprint density at radius 1 is 0.255 bits per heavy atom. The summed E-state index contributed by atoms with van der Waals surface area (Å²) in [6.07, 6.45) is 12.8. The van der Waals surface area contributed by atoms with Crippen molar-refractivity contribution in [1.82, 2.24) is 68.2 Å². The standard InChI is InChI=1S/C84H52N14/c1-6-33-72-62(25-1)63-26-2-7-34-73(63)93(72)57-21-11-23-59(47-57)95-75-36-9-4-28-65(75)68-30-13-32-70(83(68)95)80-82(56-20-17-45-87-51-56)97(91-90-80)61-40-42-71(88-52-61)53-39-41-67-64-27-3-8-35-74(64)94(78(67)46-53)58-22-12-24-60(48-58)96-76-37-10-5-29-66(76)69-31-14-38-77(84(69)96)98-81(55-19-16-44-86-50-55)79(89-92-98)54-18-15-43-85-49-54/h1-52H. The first-order valence-electron chi connectivity index (χ1n) is 32.5. The second kappa shape index (κ2) is 21.9. The zero-order valence-electron chi connectivity index (χ0n) is 52.3. The van der Waals surface area contributed by atoms with Crippen molar-refractivity contribution < 1.29 is 0 Å². The molecule has 98 heavy (non-hydrogen) atoms. The average Bonchev–Trinajstić information content (AvgIpc) is 1.58. The van der Waals surface area contributed by atoms with Gasteiger partial charge in [-0.2, -0.15) is 0 Å². The van der Waals surface area contributed by atoms with Gasteiger partial charge in [-0.3, -0.25) is 19.9 Å². The highest BCUT2D eigenvalue weighted by molar-refractivity contribution is 6.16. The summed E-state index contributed by atoms with van der Waals surface area (Å²) in [4.78, 5) is 18.9. The Kier molecular flexibility index (Phi) is 12.3. The summed E-state index contributed by atoms with van der Waals surface area (Å²) < 4.78 is 13.3. The molecule has 20 rings (SSSR count). The van der Waals surface area contributed by atoms with Crippen molar-refractivity contribution in [2.24, 2.45) is 0 Å². The molecule has 10 aromatic heterocycles. The lowest BCUT2D eigenvalue weighted by molar-refractivity contribution is 0.805. The summed E-state index contributed by atoms with van der Waals surface area (Å²) in [6, 6.07) is 96.6. The maximum Gasteiger partial charge on any atom is 0.123 e. The van der Waals surface area contributed by atoms with Crippen molar-refractivity contribution in [3.05, 3.63) is 316 Å². The van der Waals surface area contributed by atoms with E-state index in [2.05, 4.69) is 282 Å². The van der Waals surface area contributed by atoms with Gasteiger partial charge in [0.2, 0.25) is 0 Å². The van der Waals surface area contributed by atoms with Crippen LogP contribution < -0.4 is 0 Å². The maximum absolute atomic E-state index is 5.25. The highest BCUT2D eigenvalue weighted by atomic mass is 15.4. The second-order valence-electron chi connectivity index (χ2n) is 24.6. The third kappa shape index (κ3) is 8.41. The number of hydrogen-bond donors (Lipinski definition) is 0. The molecule has 0 aliphatic carbocycles. The van der Waals surface area contributed by atoms with Crippen LogP contribution in [0.4, 0.5) is 0 Å². The van der Waals surface area contributed by atoms with Crippen LogP contribution in [0.25, 0.3) is 178 Å². The van der Waals surface area contributed by atoms with Crippen molar-refractivity contribution in [2.75, 3.05) is 0 Å². The van der Waals surface area contributed by atoms with Crippen LogP contribution in [0.15, 0.2) is 316 Å². The number of fused-ring (bicyclic) bond motifs is 12. The molecule has 0 aliphatic heterocycles. The monoisotopic (exact) mass is 1260 g/mol. The summed E-state index contributed by atoms with van der Waals surface area (Å²) >= 11 is 0. The largest absolute Gasteiger partial charge is 0.309 e. The predicted molar refractivity (Wildman–Crippen MR) is 392 cm³/mol. The molecule has 0 N–H and O–H groups in total. The fourth-order valence-corrected chi connectivity index (χ4v) is 15.1. The van der Waals surface area contributed by atoms with E-state index in [1.165, 1.54) is 10.8 Å². The first-order chi connectivity index (χ1) is 48.7. The van der Waals surface area contributed by atoms with Gasteiger partial charge in [0.1, 0.15) is 22.8 Å². The molecule has 0 amide bonds. The fraction of sp³-hybridized carbons (Fsp3) is 0. The van der Waals surface area contributed by atoms with Gasteiger partial charge in [-0.25, -0.2) is 9.36 Å². The molecule has 0 atom stereocenters. The first kappa shape index (κ1) is 54.8. The lowest BCUT2D eigenvalue weighted by Crippen LogP contribution is -2.04. The lowest BCUT2D eigenvalue weighted by atomic mass is 10.0. The van der Waals surface area contributed by atoms with Crippen LogP contribution in [0.2, 0.25) is 0 Å². The minimum Gasteiger partial charge on any atom is -0.309 e. The Labute approximate surface area is 559 Å². The van der Waals surface area contributed by atoms with Crippen LogP contribution >= 0.6 is 0 Å². The van der Waals surface area contributed by atoms with Gasteiger partial charge < -0.3 is 18.3 Å². The number of aromatic nitrogens is 14. The molecule has 458 valence electrons. The molecule has 0 saturated carbocycles. The number of para-hydroxylation sites is 7. The van der Waals surface area contributed by atoms with Crippen LogP contribution in [-0.4, -0.2) is 68.2 Å². The molecule has 10 heterocycles. The van der Waals surface area contributed by atoms with Crippen LogP contribution in [0.1, 0.15) is 0 Å². The zero-order chi connectivity index (χ0) is 64.4. The van der Waals surface area contributed by atoms with E-state index < -0.39 is 0 Å². The smallest absolute Gasteiger partial charge is 0.123 e. The Hall–Kier alpha value is -13.7. The average molecular weight is 1260 g/mol. The molecule has 20 aromatic rings. The van der Waals surface area contributed by atoms with Crippen molar-refractivity contribution in [3.8, 4) is 90.4 Å². The zero-order valence-corrected chi connectivity index (χ0v) is 52.3. The minimum absolute atomic E-state index is 0.713. The Balaban J connectivity index is 0.702. The molecule has 0 spiro atoms. The van der Waals surface area contributed by atoms with Gasteiger partial charge in [0, 0.05) is 131 Å². The van der Waals surface area contributed by atoms with Crippen LogP contribution in [0.3, 0.4) is 0 Å². The van der Waals surface area contributed by atoms with Crippen molar-refractivity contribution in [2.45, 2.75) is 0 Å². The normalized spacial score (nSPS) is 11.9. The number of nitrogens with zero attached hydrogens (tertiary/aromatic N) is 14. The molecule has 0 bridgehead atoms. The van der Waals surface area contributed by atoms with Gasteiger partial charge in [-0.05, 0) is 127 Å². The number of rotatable bonds is 11. The Bertz CT molecular complexity index is 6500. The molecule has 10 aromatic carbocycles. The van der Waals surface area contributed by atoms with Gasteiger partial charge in [0.05, 0.1) is 67.4 Å². The third-order valence-electron chi connectivity index (χ3n) is 19.2. The Morgan fingerprint density at radius 3 is 1.24 bits per heavy atom. The van der Waals surface area contributed by atoms with Crippen LogP contribution in [-0.2, 0) is 0 Å². The van der Waals surface area contributed by atoms with Crippen molar-refractivity contribution in [1.29, 1.82) is 0 Å². The van der Waals surface area contributed by atoms with E-state index in [4.69, 9.17) is 25.6 Å². The van der Waals surface area contributed by atoms with Crippen molar-refractivity contribution in [3.63, 3.8) is 0 Å². The summed E-state index contributed by atoms with van der Waals surface area (Å²) in [7, 11) is 0. The Morgan fingerprint density at radius 2 is 0.694 bits per heavy atom.